The molecule has 0 bridgehead atoms. The lowest BCUT2D eigenvalue weighted by Crippen LogP contribution is -2.35. The number of aromatic nitrogens is 3. The smallest absolute Gasteiger partial charge is 0.255 e. The first-order valence-electron chi connectivity index (χ1n) is 8.24. The van der Waals surface area contributed by atoms with Crippen molar-refractivity contribution in [3.8, 4) is 0 Å². The number of nitrogens with one attached hydrogen (secondary N) is 1. The number of aliphatic hydroxyl groups is 1. The fourth-order valence-electron chi connectivity index (χ4n) is 4.23. The summed E-state index contributed by atoms with van der Waals surface area (Å²) in [5, 5.41) is 20.0. The van der Waals surface area contributed by atoms with Crippen LogP contribution >= 0.6 is 23.2 Å². The van der Waals surface area contributed by atoms with Crippen LogP contribution in [-0.2, 0) is 5.60 Å². The van der Waals surface area contributed by atoms with Gasteiger partial charge in [0.25, 0.3) is 5.91 Å². The first-order valence-corrected chi connectivity index (χ1v) is 8.99. The number of hydrogen-bond acceptors (Lipinski definition) is 4. The molecule has 1 amide bonds. The van der Waals surface area contributed by atoms with E-state index in [-0.39, 0.29) is 17.7 Å². The van der Waals surface area contributed by atoms with E-state index in [2.05, 4.69) is 15.2 Å². The van der Waals surface area contributed by atoms with Crippen molar-refractivity contribution in [2.75, 3.05) is 13.1 Å². The molecule has 6 nitrogen and oxygen atoms in total. The minimum atomic E-state index is -0.976. The molecule has 3 heterocycles. The van der Waals surface area contributed by atoms with Gasteiger partial charge in [-0.15, -0.1) is 0 Å². The summed E-state index contributed by atoms with van der Waals surface area (Å²) in [6, 6.07) is 5.20. The molecule has 2 aromatic heterocycles. The fourth-order valence-corrected chi connectivity index (χ4v) is 4.62. The van der Waals surface area contributed by atoms with Crippen molar-refractivity contribution in [1.82, 2.24) is 20.1 Å². The zero-order valence-corrected chi connectivity index (χ0v) is 15.0. The van der Waals surface area contributed by atoms with Gasteiger partial charge in [0, 0.05) is 47.7 Å². The van der Waals surface area contributed by atoms with Gasteiger partial charge in [0.1, 0.15) is 5.60 Å². The number of carbonyl (C=O) groups excluding carboxylic acids is 1. The van der Waals surface area contributed by atoms with Crippen LogP contribution in [0.1, 0.15) is 15.9 Å². The Morgan fingerprint density at radius 3 is 2.65 bits per heavy atom. The lowest BCUT2D eigenvalue weighted by atomic mass is 9.99. The van der Waals surface area contributed by atoms with Crippen LogP contribution in [0.15, 0.2) is 36.8 Å². The Morgan fingerprint density at radius 2 is 1.92 bits per heavy atom. The van der Waals surface area contributed by atoms with E-state index in [1.165, 1.54) is 12.4 Å². The predicted octanol–water partition coefficient (Wildman–Crippen LogP) is 2.85. The molecule has 8 heteroatoms. The highest BCUT2D eigenvalue weighted by Gasteiger charge is 2.69. The number of hydrogen-bond donors (Lipinski definition) is 2. The van der Waals surface area contributed by atoms with E-state index in [1.807, 2.05) is 0 Å². The molecule has 1 saturated carbocycles. The van der Waals surface area contributed by atoms with Crippen LogP contribution in [-0.4, -0.2) is 44.2 Å². The number of aromatic amines is 1. The summed E-state index contributed by atoms with van der Waals surface area (Å²) in [6.07, 6.45) is 4.71. The SMILES string of the molecule is O=C(c1cncc(Cl)c1)N1CC2C(C1)C2(O)c1cc(Cl)cc2[nH]ncc12. The average Bonchev–Trinajstić information content (AvgIpc) is 3.06. The lowest BCUT2D eigenvalue weighted by Gasteiger charge is -2.24. The van der Waals surface area contributed by atoms with Gasteiger partial charge in [-0.25, -0.2) is 0 Å². The number of rotatable bonds is 2. The van der Waals surface area contributed by atoms with Gasteiger partial charge < -0.3 is 10.0 Å². The maximum Gasteiger partial charge on any atom is 0.255 e. The molecule has 132 valence electrons. The molecule has 26 heavy (non-hydrogen) atoms. The van der Waals surface area contributed by atoms with Crippen LogP contribution in [0.4, 0.5) is 0 Å². The topological polar surface area (TPSA) is 82.1 Å². The summed E-state index contributed by atoms with van der Waals surface area (Å²) in [5.74, 6) is -0.153. The van der Waals surface area contributed by atoms with Gasteiger partial charge in [-0.1, -0.05) is 23.2 Å². The molecule has 5 rings (SSSR count). The number of halogens is 2. The predicted molar refractivity (Wildman–Crippen MR) is 97.1 cm³/mol. The quantitative estimate of drug-likeness (QED) is 0.706. The number of H-pyrrole nitrogens is 1. The third kappa shape index (κ3) is 2.19. The van der Waals surface area contributed by atoms with Crippen molar-refractivity contribution in [1.29, 1.82) is 0 Å². The maximum atomic E-state index is 12.6. The second-order valence-electron chi connectivity index (χ2n) is 6.92. The minimum absolute atomic E-state index is 0.0184. The summed E-state index contributed by atoms with van der Waals surface area (Å²) in [7, 11) is 0. The molecule has 2 atom stereocenters. The standard InChI is InChI=1S/C18H14Cl2N4O2/c19-10-2-13(12-6-22-23-16(12)3-10)18(26)14-7-24(8-15(14)18)17(25)9-1-11(20)5-21-4-9/h1-6,14-15,26H,7-8H2,(H,22,23). The van der Waals surface area contributed by atoms with Crippen molar-refractivity contribution in [3.05, 3.63) is 58.0 Å². The number of benzene rings is 1. The van der Waals surface area contributed by atoms with Gasteiger partial charge in [0.05, 0.1) is 22.3 Å². The Hall–Kier alpha value is -2.15. The van der Waals surface area contributed by atoms with Crippen LogP contribution in [0.2, 0.25) is 10.0 Å². The van der Waals surface area contributed by atoms with Crippen LogP contribution < -0.4 is 0 Å². The van der Waals surface area contributed by atoms with Crippen molar-refractivity contribution < 1.29 is 9.90 Å². The number of nitrogens with zero attached hydrogens (tertiary/aromatic N) is 3. The van der Waals surface area contributed by atoms with E-state index >= 15 is 0 Å². The third-order valence-electron chi connectivity index (χ3n) is 5.54. The van der Waals surface area contributed by atoms with Crippen molar-refractivity contribution in [2.45, 2.75) is 5.60 Å². The van der Waals surface area contributed by atoms with Crippen molar-refractivity contribution >= 4 is 40.0 Å². The number of likely N-dealkylation sites (tertiary alicyclic amines) is 1. The Kier molecular flexibility index (Phi) is 3.35. The molecule has 1 aromatic carbocycles. The zero-order valence-electron chi connectivity index (χ0n) is 13.5. The fraction of sp³-hybridized carbons (Fsp3) is 0.278. The highest BCUT2D eigenvalue weighted by molar-refractivity contribution is 6.31. The summed E-state index contributed by atoms with van der Waals surface area (Å²) in [6.45, 7) is 0.969. The van der Waals surface area contributed by atoms with Gasteiger partial charge in [-0.3, -0.25) is 14.9 Å². The average molecular weight is 389 g/mol. The van der Waals surface area contributed by atoms with E-state index in [0.29, 0.717) is 28.7 Å². The highest BCUT2D eigenvalue weighted by Crippen LogP contribution is 2.63. The summed E-state index contributed by atoms with van der Waals surface area (Å²) >= 11 is 12.1. The molecule has 0 spiro atoms. The van der Waals surface area contributed by atoms with Crippen LogP contribution in [0.3, 0.4) is 0 Å². The maximum absolute atomic E-state index is 12.6. The van der Waals surface area contributed by atoms with Crippen molar-refractivity contribution in [2.24, 2.45) is 11.8 Å². The van der Waals surface area contributed by atoms with E-state index in [1.54, 1.807) is 29.3 Å². The van der Waals surface area contributed by atoms with Gasteiger partial charge >= 0.3 is 0 Å². The molecule has 1 aliphatic heterocycles. The molecule has 2 fully saturated rings. The van der Waals surface area contributed by atoms with Gasteiger partial charge in [-0.05, 0) is 23.8 Å². The van der Waals surface area contributed by atoms with E-state index < -0.39 is 5.60 Å². The Labute approximate surface area is 158 Å². The summed E-state index contributed by atoms with van der Waals surface area (Å²) in [4.78, 5) is 18.4. The van der Waals surface area contributed by atoms with Gasteiger partial charge in [0.15, 0.2) is 0 Å². The van der Waals surface area contributed by atoms with Crippen LogP contribution in [0.25, 0.3) is 10.9 Å². The minimum Gasteiger partial charge on any atom is -0.384 e. The molecule has 3 aromatic rings. The number of fused-ring (bicyclic) bond motifs is 2. The lowest BCUT2D eigenvalue weighted by molar-refractivity contribution is 0.0610. The molecular formula is C18H14Cl2N4O2. The number of pyridine rings is 1. The molecule has 2 aliphatic rings. The Balaban J connectivity index is 1.42. The molecule has 0 radical (unpaired) electrons. The number of amides is 1. The Bertz CT molecular complexity index is 1040. The third-order valence-corrected chi connectivity index (χ3v) is 5.96. The second kappa shape index (κ2) is 5.42. The molecule has 1 saturated heterocycles. The Morgan fingerprint density at radius 1 is 1.15 bits per heavy atom. The molecule has 2 N–H and O–H groups in total. The normalized spacial score (nSPS) is 27.0. The number of piperidine rings is 1. The van der Waals surface area contributed by atoms with Gasteiger partial charge in [-0.2, -0.15) is 5.10 Å². The summed E-state index contributed by atoms with van der Waals surface area (Å²) < 4.78 is 0. The van der Waals surface area contributed by atoms with Crippen LogP contribution in [0.5, 0.6) is 0 Å². The first-order chi connectivity index (χ1) is 12.5. The number of carbonyl (C=O) groups is 1. The summed E-state index contributed by atoms with van der Waals surface area (Å²) in [5.41, 5.74) is 1.06. The molecular weight excluding hydrogens is 375 g/mol. The van der Waals surface area contributed by atoms with E-state index in [0.717, 1.165) is 16.5 Å². The molecule has 2 unspecified atom stereocenters. The first kappa shape index (κ1) is 16.1. The highest BCUT2D eigenvalue weighted by atomic mass is 35.5. The van der Waals surface area contributed by atoms with Crippen LogP contribution in [0, 0.1) is 11.8 Å². The van der Waals surface area contributed by atoms with Crippen molar-refractivity contribution in [3.63, 3.8) is 0 Å². The second-order valence-corrected chi connectivity index (χ2v) is 7.80. The van der Waals surface area contributed by atoms with Gasteiger partial charge in [0.2, 0.25) is 0 Å². The molecule has 1 aliphatic carbocycles. The van der Waals surface area contributed by atoms with E-state index in [4.69, 9.17) is 23.2 Å². The monoisotopic (exact) mass is 388 g/mol. The van der Waals surface area contributed by atoms with E-state index in [9.17, 15) is 9.90 Å². The zero-order chi connectivity index (χ0) is 18.1. The largest absolute Gasteiger partial charge is 0.384 e.